The summed E-state index contributed by atoms with van der Waals surface area (Å²) in [7, 11) is 0. The highest BCUT2D eigenvalue weighted by molar-refractivity contribution is 5.76. The summed E-state index contributed by atoms with van der Waals surface area (Å²) in [6.45, 7) is 3.39. The highest BCUT2D eigenvalue weighted by Gasteiger charge is 2.26. The van der Waals surface area contributed by atoms with E-state index in [1.807, 2.05) is 4.90 Å². The maximum absolute atomic E-state index is 12.2. The van der Waals surface area contributed by atoms with Crippen LogP contribution in [0, 0.1) is 5.92 Å². The van der Waals surface area contributed by atoms with Crippen LogP contribution in [0.3, 0.4) is 0 Å². The van der Waals surface area contributed by atoms with Gasteiger partial charge < -0.3 is 15.4 Å². The summed E-state index contributed by atoms with van der Waals surface area (Å²) in [5.74, 6) is 0.892. The molecule has 2 fully saturated rings. The first-order valence-corrected chi connectivity index (χ1v) is 7.39. The van der Waals surface area contributed by atoms with E-state index in [1.165, 1.54) is 12.8 Å². The smallest absolute Gasteiger partial charge is 0.225 e. The third-order valence-corrected chi connectivity index (χ3v) is 4.12. The monoisotopic (exact) mass is 254 g/mol. The van der Waals surface area contributed by atoms with E-state index in [4.69, 9.17) is 10.5 Å². The molecule has 2 saturated heterocycles. The standard InChI is InChI=1S/C14H26N2O2/c15-7-6-12-4-3-8-16(11-12)14(17)10-13-5-1-2-9-18-13/h12-13H,1-11,15H2. The predicted molar refractivity (Wildman–Crippen MR) is 71.2 cm³/mol. The van der Waals surface area contributed by atoms with E-state index < -0.39 is 0 Å². The van der Waals surface area contributed by atoms with Crippen molar-refractivity contribution in [2.45, 2.75) is 51.0 Å². The molecule has 2 rings (SSSR count). The van der Waals surface area contributed by atoms with Gasteiger partial charge in [0.15, 0.2) is 0 Å². The van der Waals surface area contributed by atoms with Gasteiger partial charge in [0.1, 0.15) is 0 Å². The largest absolute Gasteiger partial charge is 0.378 e. The number of nitrogens with two attached hydrogens (primary N) is 1. The second-order valence-electron chi connectivity index (χ2n) is 5.62. The quantitative estimate of drug-likeness (QED) is 0.828. The molecule has 4 nitrogen and oxygen atoms in total. The summed E-state index contributed by atoms with van der Waals surface area (Å²) in [5.41, 5.74) is 5.61. The zero-order valence-corrected chi connectivity index (χ0v) is 11.3. The van der Waals surface area contributed by atoms with E-state index in [9.17, 15) is 4.79 Å². The predicted octanol–water partition coefficient (Wildman–Crippen LogP) is 1.53. The Hall–Kier alpha value is -0.610. The fourth-order valence-electron chi connectivity index (χ4n) is 3.06. The van der Waals surface area contributed by atoms with Gasteiger partial charge in [0.2, 0.25) is 5.91 Å². The van der Waals surface area contributed by atoms with E-state index in [2.05, 4.69) is 0 Å². The molecule has 2 aliphatic rings. The van der Waals surface area contributed by atoms with Crippen LogP contribution < -0.4 is 5.73 Å². The maximum atomic E-state index is 12.2. The average Bonchev–Trinajstić information content (AvgIpc) is 2.40. The molecule has 0 aromatic carbocycles. The molecule has 2 aliphatic heterocycles. The molecule has 0 aromatic heterocycles. The van der Waals surface area contributed by atoms with Crippen LogP contribution in [0.15, 0.2) is 0 Å². The lowest BCUT2D eigenvalue weighted by atomic mass is 9.94. The number of nitrogens with zero attached hydrogens (tertiary/aromatic N) is 1. The Morgan fingerprint density at radius 1 is 1.28 bits per heavy atom. The van der Waals surface area contributed by atoms with Gasteiger partial charge in [0.05, 0.1) is 12.5 Å². The molecule has 2 unspecified atom stereocenters. The van der Waals surface area contributed by atoms with Crippen LogP contribution in [0.1, 0.15) is 44.9 Å². The number of ether oxygens (including phenoxy) is 1. The second kappa shape index (κ2) is 7.10. The van der Waals surface area contributed by atoms with Crippen molar-refractivity contribution >= 4 is 5.91 Å². The van der Waals surface area contributed by atoms with Crippen LogP contribution in [-0.4, -0.2) is 43.2 Å². The molecule has 104 valence electrons. The molecule has 0 radical (unpaired) electrons. The van der Waals surface area contributed by atoms with Crippen molar-refractivity contribution in [1.29, 1.82) is 0 Å². The van der Waals surface area contributed by atoms with Crippen LogP contribution in [0.5, 0.6) is 0 Å². The molecular weight excluding hydrogens is 228 g/mol. The molecule has 2 N–H and O–H groups in total. The third-order valence-electron chi connectivity index (χ3n) is 4.12. The fourth-order valence-corrected chi connectivity index (χ4v) is 3.06. The summed E-state index contributed by atoms with van der Waals surface area (Å²) in [6, 6.07) is 0. The first kappa shape index (κ1) is 13.8. The Balaban J connectivity index is 1.76. The normalized spacial score (nSPS) is 29.3. The number of amides is 1. The van der Waals surface area contributed by atoms with Gasteiger partial charge in [0, 0.05) is 19.7 Å². The number of piperidine rings is 1. The summed E-state index contributed by atoms with van der Waals surface area (Å²) >= 11 is 0. The number of likely N-dealkylation sites (tertiary alicyclic amines) is 1. The molecule has 0 saturated carbocycles. The van der Waals surface area contributed by atoms with Crippen molar-refractivity contribution < 1.29 is 9.53 Å². The average molecular weight is 254 g/mol. The van der Waals surface area contributed by atoms with Crippen molar-refractivity contribution in [3.05, 3.63) is 0 Å². The lowest BCUT2D eigenvalue weighted by Gasteiger charge is -2.34. The van der Waals surface area contributed by atoms with Gasteiger partial charge in [-0.3, -0.25) is 4.79 Å². The highest BCUT2D eigenvalue weighted by atomic mass is 16.5. The van der Waals surface area contributed by atoms with Crippen molar-refractivity contribution in [2.24, 2.45) is 11.7 Å². The van der Waals surface area contributed by atoms with Crippen LogP contribution in [-0.2, 0) is 9.53 Å². The van der Waals surface area contributed by atoms with Crippen LogP contribution in [0.2, 0.25) is 0 Å². The van der Waals surface area contributed by atoms with Crippen LogP contribution in [0.25, 0.3) is 0 Å². The minimum atomic E-state index is 0.168. The SMILES string of the molecule is NCCC1CCCN(C(=O)CC2CCCCO2)C1. The van der Waals surface area contributed by atoms with Crippen LogP contribution >= 0.6 is 0 Å². The van der Waals surface area contributed by atoms with Crippen molar-refractivity contribution in [2.75, 3.05) is 26.2 Å². The third kappa shape index (κ3) is 3.95. The van der Waals surface area contributed by atoms with Gasteiger partial charge in [-0.25, -0.2) is 0 Å². The second-order valence-corrected chi connectivity index (χ2v) is 5.62. The van der Waals surface area contributed by atoms with Crippen molar-refractivity contribution in [3.8, 4) is 0 Å². The van der Waals surface area contributed by atoms with E-state index in [0.29, 0.717) is 12.3 Å². The van der Waals surface area contributed by atoms with Crippen molar-refractivity contribution in [1.82, 2.24) is 4.90 Å². The van der Waals surface area contributed by atoms with E-state index in [1.54, 1.807) is 0 Å². The van der Waals surface area contributed by atoms with Crippen molar-refractivity contribution in [3.63, 3.8) is 0 Å². The molecular formula is C14H26N2O2. The zero-order chi connectivity index (χ0) is 12.8. The maximum Gasteiger partial charge on any atom is 0.225 e. The summed E-state index contributed by atoms with van der Waals surface area (Å²) in [4.78, 5) is 14.3. The Kier molecular flexibility index (Phi) is 5.45. The van der Waals surface area contributed by atoms with E-state index in [0.717, 1.165) is 51.9 Å². The van der Waals surface area contributed by atoms with Gasteiger partial charge in [-0.15, -0.1) is 0 Å². The first-order valence-electron chi connectivity index (χ1n) is 7.39. The Bertz CT molecular complexity index is 263. The highest BCUT2D eigenvalue weighted by Crippen LogP contribution is 2.22. The molecule has 0 aliphatic carbocycles. The topological polar surface area (TPSA) is 55.6 Å². The van der Waals surface area contributed by atoms with E-state index >= 15 is 0 Å². The Morgan fingerprint density at radius 3 is 2.89 bits per heavy atom. The number of carbonyl (C=O) groups excluding carboxylic acids is 1. The van der Waals surface area contributed by atoms with Gasteiger partial charge in [0.25, 0.3) is 0 Å². The van der Waals surface area contributed by atoms with Gasteiger partial charge in [-0.2, -0.15) is 0 Å². The Labute approximate surface area is 110 Å². The number of rotatable bonds is 4. The van der Waals surface area contributed by atoms with Gasteiger partial charge >= 0.3 is 0 Å². The van der Waals surface area contributed by atoms with Gasteiger partial charge in [-0.05, 0) is 51.0 Å². The minimum Gasteiger partial charge on any atom is -0.378 e. The summed E-state index contributed by atoms with van der Waals surface area (Å²) in [6.07, 6.45) is 7.54. The summed E-state index contributed by atoms with van der Waals surface area (Å²) in [5, 5.41) is 0. The van der Waals surface area contributed by atoms with E-state index in [-0.39, 0.29) is 12.0 Å². The molecule has 0 bridgehead atoms. The first-order chi connectivity index (χ1) is 8.79. The Morgan fingerprint density at radius 2 is 2.17 bits per heavy atom. The molecule has 18 heavy (non-hydrogen) atoms. The summed E-state index contributed by atoms with van der Waals surface area (Å²) < 4.78 is 5.65. The molecule has 2 heterocycles. The molecule has 0 spiro atoms. The fraction of sp³-hybridized carbons (Fsp3) is 0.929. The number of hydrogen-bond donors (Lipinski definition) is 1. The molecule has 1 amide bonds. The number of hydrogen-bond acceptors (Lipinski definition) is 3. The van der Waals surface area contributed by atoms with Gasteiger partial charge in [-0.1, -0.05) is 0 Å². The number of carbonyl (C=O) groups is 1. The lowest BCUT2D eigenvalue weighted by Crippen LogP contribution is -2.42. The minimum absolute atomic E-state index is 0.168. The zero-order valence-electron chi connectivity index (χ0n) is 11.3. The molecule has 4 heteroatoms. The molecule has 0 aromatic rings. The molecule has 2 atom stereocenters. The lowest BCUT2D eigenvalue weighted by molar-refractivity contribution is -0.137. The van der Waals surface area contributed by atoms with Crippen LogP contribution in [0.4, 0.5) is 0 Å².